The molecule has 0 unspecified atom stereocenters. The Bertz CT molecular complexity index is 1600. The number of ketones is 1. The van der Waals surface area contributed by atoms with E-state index in [4.69, 9.17) is 9.47 Å². The third kappa shape index (κ3) is 9.65. The minimum atomic E-state index is -1.10. The predicted octanol–water partition coefficient (Wildman–Crippen LogP) is 2.75. The Kier molecular flexibility index (Phi) is 12.1. The Morgan fingerprint density at radius 3 is 2.40 bits per heavy atom. The molecule has 3 atom stereocenters. The second-order valence-electron chi connectivity index (χ2n) is 12.6. The molecule has 1 aliphatic heterocycles. The summed E-state index contributed by atoms with van der Waals surface area (Å²) in [6, 6.07) is 12.5. The first-order chi connectivity index (χ1) is 22.4. The fraction of sp³-hybridized carbons (Fsp3) is 0.457. The molecule has 2 aromatic carbocycles. The number of H-pyrrole nitrogens is 1. The number of rotatable bonds is 16. The molecule has 4 rings (SSSR count). The van der Waals surface area contributed by atoms with Crippen LogP contribution in [0.3, 0.4) is 0 Å². The number of aromatic amines is 1. The number of amides is 3. The summed E-state index contributed by atoms with van der Waals surface area (Å²) in [5.74, 6) is -2.24. The van der Waals surface area contributed by atoms with Crippen LogP contribution in [0.2, 0.25) is 0 Å². The van der Waals surface area contributed by atoms with Gasteiger partial charge in [-0.1, -0.05) is 44.2 Å². The predicted molar refractivity (Wildman–Crippen MR) is 177 cm³/mol. The van der Waals surface area contributed by atoms with Gasteiger partial charge < -0.3 is 35.3 Å². The Balaban J connectivity index is 1.45. The van der Waals surface area contributed by atoms with E-state index in [1.807, 2.05) is 63.2 Å². The maximum atomic E-state index is 13.7. The number of esters is 1. The third-order valence-electron chi connectivity index (χ3n) is 8.12. The second-order valence-corrected chi connectivity index (χ2v) is 12.6. The van der Waals surface area contributed by atoms with Crippen LogP contribution in [-0.2, 0) is 36.9 Å². The van der Waals surface area contributed by atoms with Crippen LogP contribution < -0.4 is 20.7 Å². The van der Waals surface area contributed by atoms with Gasteiger partial charge in [0.1, 0.15) is 17.5 Å². The molecule has 0 aliphatic carbocycles. The van der Waals surface area contributed by atoms with E-state index in [9.17, 15) is 24.0 Å². The molecule has 12 nitrogen and oxygen atoms in total. The number of aromatic nitrogens is 1. The van der Waals surface area contributed by atoms with Gasteiger partial charge in [-0.15, -0.1) is 0 Å². The van der Waals surface area contributed by atoms with Crippen molar-refractivity contribution in [2.24, 2.45) is 11.8 Å². The number of benzene rings is 2. The molecule has 0 bridgehead atoms. The Morgan fingerprint density at radius 1 is 1.00 bits per heavy atom. The van der Waals surface area contributed by atoms with Crippen molar-refractivity contribution in [1.82, 2.24) is 25.8 Å². The van der Waals surface area contributed by atoms with E-state index < -0.39 is 48.2 Å². The number of methoxy groups -OCH3 is 1. The summed E-state index contributed by atoms with van der Waals surface area (Å²) in [6.07, 6.45) is 0.843. The average molecular weight is 648 g/mol. The lowest BCUT2D eigenvalue weighted by Crippen LogP contribution is -2.53. The SMILES string of the molecule is COc1cccc2[nH]c(C(=O)N[C@@H](CC(C)C)C(=O)N[C@@H](C[C@@H]3CCNC3=O)C(=O)COC(=O)Cc3ccccc3CN(C)C)cc12. The molecule has 3 aromatic rings. The summed E-state index contributed by atoms with van der Waals surface area (Å²) in [7, 11) is 5.41. The molecule has 2 heterocycles. The quantitative estimate of drug-likeness (QED) is 0.173. The molecule has 0 saturated carbocycles. The molecule has 1 aromatic heterocycles. The number of carbonyl (C=O) groups is 5. The molecule has 1 saturated heterocycles. The molecule has 0 spiro atoms. The summed E-state index contributed by atoms with van der Waals surface area (Å²) in [6.45, 7) is 4.39. The van der Waals surface area contributed by atoms with Crippen molar-refractivity contribution < 1.29 is 33.4 Å². The smallest absolute Gasteiger partial charge is 0.310 e. The van der Waals surface area contributed by atoms with Gasteiger partial charge in [-0.05, 0) is 68.6 Å². The van der Waals surface area contributed by atoms with E-state index >= 15 is 0 Å². The molecule has 3 amide bonds. The van der Waals surface area contributed by atoms with Gasteiger partial charge in [0.15, 0.2) is 12.4 Å². The van der Waals surface area contributed by atoms with E-state index in [0.717, 1.165) is 16.5 Å². The largest absolute Gasteiger partial charge is 0.496 e. The number of ether oxygens (including phenoxy) is 2. The van der Waals surface area contributed by atoms with Crippen LogP contribution in [0.5, 0.6) is 5.75 Å². The third-order valence-corrected chi connectivity index (χ3v) is 8.12. The van der Waals surface area contributed by atoms with Gasteiger partial charge in [0.05, 0.1) is 19.6 Å². The number of Topliss-reactive ketones (excluding diaryl/α,β-unsaturated/α-hetero) is 1. The van der Waals surface area contributed by atoms with Crippen LogP contribution in [0.4, 0.5) is 0 Å². The minimum absolute atomic E-state index is 0.0124. The fourth-order valence-corrected chi connectivity index (χ4v) is 5.75. The summed E-state index contributed by atoms with van der Waals surface area (Å²) in [4.78, 5) is 70.7. The number of hydrogen-bond acceptors (Lipinski definition) is 8. The highest BCUT2D eigenvalue weighted by atomic mass is 16.5. The van der Waals surface area contributed by atoms with Crippen LogP contribution >= 0.6 is 0 Å². The van der Waals surface area contributed by atoms with Crippen LogP contribution in [0.25, 0.3) is 10.9 Å². The van der Waals surface area contributed by atoms with Crippen molar-refractivity contribution in [3.05, 3.63) is 65.4 Å². The molecule has 47 heavy (non-hydrogen) atoms. The van der Waals surface area contributed by atoms with Crippen LogP contribution in [0.15, 0.2) is 48.5 Å². The van der Waals surface area contributed by atoms with Gasteiger partial charge in [0.25, 0.3) is 5.91 Å². The van der Waals surface area contributed by atoms with Gasteiger partial charge >= 0.3 is 5.97 Å². The molecular weight excluding hydrogens is 602 g/mol. The average Bonchev–Trinajstić information content (AvgIpc) is 3.65. The Morgan fingerprint density at radius 2 is 1.74 bits per heavy atom. The lowest BCUT2D eigenvalue weighted by atomic mass is 9.95. The van der Waals surface area contributed by atoms with E-state index in [0.29, 0.717) is 37.2 Å². The highest BCUT2D eigenvalue weighted by molar-refractivity contribution is 6.02. The topological polar surface area (TPSA) is 159 Å². The fourth-order valence-electron chi connectivity index (χ4n) is 5.75. The molecule has 252 valence electrons. The summed E-state index contributed by atoms with van der Waals surface area (Å²) < 4.78 is 10.8. The van der Waals surface area contributed by atoms with Crippen molar-refractivity contribution in [1.29, 1.82) is 0 Å². The Labute approximate surface area is 274 Å². The van der Waals surface area contributed by atoms with Gasteiger partial charge in [-0.2, -0.15) is 0 Å². The van der Waals surface area contributed by atoms with Gasteiger partial charge in [-0.3, -0.25) is 24.0 Å². The molecule has 12 heteroatoms. The maximum Gasteiger partial charge on any atom is 0.310 e. The van der Waals surface area contributed by atoms with E-state index in [1.165, 1.54) is 0 Å². The molecule has 1 fully saturated rings. The lowest BCUT2D eigenvalue weighted by Gasteiger charge is -2.25. The molecular formula is C35H45N5O7. The first-order valence-corrected chi connectivity index (χ1v) is 15.9. The van der Waals surface area contributed by atoms with Crippen LogP contribution in [0, 0.1) is 11.8 Å². The van der Waals surface area contributed by atoms with E-state index in [2.05, 4.69) is 20.9 Å². The summed E-state index contributed by atoms with van der Waals surface area (Å²) in [5.41, 5.74) is 2.73. The highest BCUT2D eigenvalue weighted by Crippen LogP contribution is 2.26. The van der Waals surface area contributed by atoms with Crippen molar-refractivity contribution >= 4 is 40.4 Å². The Hall–Kier alpha value is -4.71. The van der Waals surface area contributed by atoms with Crippen molar-refractivity contribution in [3.8, 4) is 5.75 Å². The molecule has 4 N–H and O–H groups in total. The van der Waals surface area contributed by atoms with Gasteiger partial charge in [-0.25, -0.2) is 0 Å². The number of hydrogen-bond donors (Lipinski definition) is 4. The zero-order chi connectivity index (χ0) is 34.1. The van der Waals surface area contributed by atoms with Crippen LogP contribution in [0.1, 0.15) is 54.7 Å². The first-order valence-electron chi connectivity index (χ1n) is 15.9. The van der Waals surface area contributed by atoms with Crippen molar-refractivity contribution in [2.45, 2.75) is 58.2 Å². The van der Waals surface area contributed by atoms with E-state index in [-0.39, 0.29) is 30.4 Å². The standard InChI is InChI=1S/C35H45N5O7/c1-21(2)15-28(39-35(45)29-18-25-26(37-29)11-8-12-31(25)46-5)34(44)38-27(16-23-13-14-36-33(23)43)30(41)20-47-32(42)17-22-9-6-7-10-24(22)19-40(3)4/h6-12,18,21,23,27-28,37H,13-17,19-20H2,1-5H3,(H,36,43)(H,38,44)(H,39,45)/t23-,27-,28-/m0/s1. The van der Waals surface area contributed by atoms with Crippen molar-refractivity contribution in [3.63, 3.8) is 0 Å². The second kappa shape index (κ2) is 16.2. The summed E-state index contributed by atoms with van der Waals surface area (Å²) >= 11 is 0. The van der Waals surface area contributed by atoms with E-state index in [1.54, 1.807) is 25.3 Å². The van der Waals surface area contributed by atoms with Crippen LogP contribution in [-0.4, -0.2) is 85.8 Å². The number of nitrogens with zero attached hydrogens (tertiary/aromatic N) is 1. The number of carbonyl (C=O) groups excluding carboxylic acids is 5. The van der Waals surface area contributed by atoms with Gasteiger partial charge in [0.2, 0.25) is 11.8 Å². The van der Waals surface area contributed by atoms with Crippen molar-refractivity contribution in [2.75, 3.05) is 34.4 Å². The first kappa shape index (κ1) is 35.1. The maximum absolute atomic E-state index is 13.7. The number of fused-ring (bicyclic) bond motifs is 1. The minimum Gasteiger partial charge on any atom is -0.496 e. The zero-order valence-electron chi connectivity index (χ0n) is 27.7. The zero-order valence-corrected chi connectivity index (χ0v) is 27.7. The molecule has 0 radical (unpaired) electrons. The van der Waals surface area contributed by atoms with Gasteiger partial charge in [0, 0.05) is 29.9 Å². The highest BCUT2D eigenvalue weighted by Gasteiger charge is 2.34. The normalized spacial score (nSPS) is 15.7. The number of nitrogens with one attached hydrogen (secondary N) is 4. The summed E-state index contributed by atoms with van der Waals surface area (Å²) in [5, 5.41) is 9.05. The monoisotopic (exact) mass is 647 g/mol. The lowest BCUT2D eigenvalue weighted by molar-refractivity contribution is -0.148. The molecule has 1 aliphatic rings.